The molecule has 0 bridgehead atoms. The number of halogens is 1. The van der Waals surface area contributed by atoms with Crippen LogP contribution in [0.3, 0.4) is 0 Å². The van der Waals surface area contributed by atoms with Crippen LogP contribution in [-0.4, -0.2) is 4.98 Å². The molecule has 0 saturated heterocycles. The first-order chi connectivity index (χ1) is 12.8. The fourth-order valence-electron chi connectivity index (χ4n) is 4.06. The SMILES string of the molecule is Clc1nc2c3sc4ccccc4c3c3ccccc3c2c2ccccc12. The molecule has 0 fully saturated rings. The maximum atomic E-state index is 6.58. The van der Waals surface area contributed by atoms with E-state index >= 15 is 0 Å². The van der Waals surface area contributed by atoms with E-state index in [4.69, 9.17) is 16.6 Å². The normalized spacial score (nSPS) is 12.0. The summed E-state index contributed by atoms with van der Waals surface area (Å²) in [4.78, 5) is 4.85. The minimum Gasteiger partial charge on any atom is -0.234 e. The van der Waals surface area contributed by atoms with Crippen LogP contribution < -0.4 is 0 Å². The van der Waals surface area contributed by atoms with Gasteiger partial charge in [-0.15, -0.1) is 11.3 Å². The number of thiophene rings is 1. The lowest BCUT2D eigenvalue weighted by atomic mass is 9.96. The van der Waals surface area contributed by atoms with E-state index in [0.717, 1.165) is 16.3 Å². The van der Waals surface area contributed by atoms with Crippen LogP contribution in [-0.2, 0) is 0 Å². The second kappa shape index (κ2) is 5.16. The van der Waals surface area contributed by atoms with E-state index in [0.29, 0.717) is 5.15 Å². The maximum Gasteiger partial charge on any atom is 0.137 e. The first kappa shape index (κ1) is 14.5. The van der Waals surface area contributed by atoms with Crippen molar-refractivity contribution in [3.05, 3.63) is 77.9 Å². The van der Waals surface area contributed by atoms with Crippen molar-refractivity contribution in [1.82, 2.24) is 4.98 Å². The standard InChI is InChI=1S/C23H12ClNS/c24-23-16-10-4-3-9-15(16)19-13-7-1-2-8-14(13)20-17-11-5-6-12-18(17)26-22(20)21(19)25-23/h1-12H. The molecule has 0 atom stereocenters. The molecular weight excluding hydrogens is 358 g/mol. The van der Waals surface area contributed by atoms with Gasteiger partial charge in [0.1, 0.15) is 5.15 Å². The van der Waals surface area contributed by atoms with Crippen molar-refractivity contribution in [3.8, 4) is 0 Å². The molecule has 0 aliphatic heterocycles. The number of rotatable bonds is 0. The van der Waals surface area contributed by atoms with Crippen LogP contribution in [0.5, 0.6) is 0 Å². The Balaban J connectivity index is 2.06. The Morgan fingerprint density at radius 1 is 0.615 bits per heavy atom. The number of benzene rings is 4. The van der Waals surface area contributed by atoms with Crippen LogP contribution in [0.25, 0.3) is 52.6 Å². The van der Waals surface area contributed by atoms with Crippen molar-refractivity contribution >= 4 is 75.6 Å². The molecule has 0 amide bonds. The van der Waals surface area contributed by atoms with Gasteiger partial charge in [-0.05, 0) is 22.2 Å². The third kappa shape index (κ3) is 1.78. The minimum atomic E-state index is 0.571. The summed E-state index contributed by atoms with van der Waals surface area (Å²) in [5.41, 5.74) is 1.00. The molecular formula is C23H12ClNS. The molecule has 122 valence electrons. The fourth-order valence-corrected chi connectivity index (χ4v) is 5.52. The third-order valence-corrected chi connectivity index (χ3v) is 6.61. The van der Waals surface area contributed by atoms with E-state index in [9.17, 15) is 0 Å². The highest BCUT2D eigenvalue weighted by Crippen LogP contribution is 2.45. The van der Waals surface area contributed by atoms with E-state index in [-0.39, 0.29) is 0 Å². The lowest BCUT2D eigenvalue weighted by Crippen LogP contribution is -1.87. The molecule has 6 aromatic rings. The average Bonchev–Trinajstić information content (AvgIpc) is 3.08. The highest BCUT2D eigenvalue weighted by atomic mass is 35.5. The van der Waals surface area contributed by atoms with Crippen LogP contribution in [0.4, 0.5) is 0 Å². The first-order valence-corrected chi connectivity index (χ1v) is 9.72. The van der Waals surface area contributed by atoms with E-state index in [1.54, 1.807) is 11.3 Å². The number of aromatic nitrogens is 1. The van der Waals surface area contributed by atoms with Gasteiger partial charge in [0.25, 0.3) is 0 Å². The van der Waals surface area contributed by atoms with Gasteiger partial charge in [0.05, 0.1) is 10.2 Å². The topological polar surface area (TPSA) is 12.9 Å². The summed E-state index contributed by atoms with van der Waals surface area (Å²) in [6, 6.07) is 25.5. The molecule has 4 aromatic carbocycles. The highest BCUT2D eigenvalue weighted by molar-refractivity contribution is 7.26. The molecule has 2 heterocycles. The van der Waals surface area contributed by atoms with Gasteiger partial charge in [-0.2, -0.15) is 0 Å². The predicted molar refractivity (Wildman–Crippen MR) is 115 cm³/mol. The smallest absolute Gasteiger partial charge is 0.137 e. The Labute approximate surface area is 158 Å². The van der Waals surface area contributed by atoms with E-state index in [2.05, 4.69) is 60.7 Å². The van der Waals surface area contributed by atoms with Crippen molar-refractivity contribution in [2.75, 3.05) is 0 Å². The molecule has 0 spiro atoms. The number of pyridine rings is 1. The predicted octanol–water partition coefficient (Wildman–Crippen LogP) is 7.56. The van der Waals surface area contributed by atoms with Crippen LogP contribution in [0.1, 0.15) is 0 Å². The molecule has 0 N–H and O–H groups in total. The summed E-state index contributed by atoms with van der Waals surface area (Å²) >= 11 is 8.38. The summed E-state index contributed by atoms with van der Waals surface area (Å²) in [5.74, 6) is 0. The molecule has 3 heteroatoms. The lowest BCUT2D eigenvalue weighted by Gasteiger charge is -2.11. The minimum absolute atomic E-state index is 0.571. The van der Waals surface area contributed by atoms with Gasteiger partial charge in [-0.1, -0.05) is 78.3 Å². The average molecular weight is 370 g/mol. The molecule has 0 saturated carbocycles. The molecule has 26 heavy (non-hydrogen) atoms. The zero-order chi connectivity index (χ0) is 17.3. The van der Waals surface area contributed by atoms with Crippen LogP contribution >= 0.6 is 22.9 Å². The quantitative estimate of drug-likeness (QED) is 0.199. The Hall–Kier alpha value is -2.68. The van der Waals surface area contributed by atoms with Gasteiger partial charge in [0, 0.05) is 26.2 Å². The monoisotopic (exact) mass is 369 g/mol. The highest BCUT2D eigenvalue weighted by Gasteiger charge is 2.17. The van der Waals surface area contributed by atoms with E-state index in [1.165, 1.54) is 36.3 Å². The van der Waals surface area contributed by atoms with Crippen LogP contribution in [0, 0.1) is 0 Å². The summed E-state index contributed by atoms with van der Waals surface area (Å²) in [6.45, 7) is 0. The fraction of sp³-hybridized carbons (Fsp3) is 0. The second-order valence-corrected chi connectivity index (χ2v) is 7.93. The number of hydrogen-bond acceptors (Lipinski definition) is 2. The van der Waals surface area contributed by atoms with Crippen LogP contribution in [0.15, 0.2) is 72.8 Å². The van der Waals surface area contributed by atoms with Gasteiger partial charge in [-0.3, -0.25) is 0 Å². The van der Waals surface area contributed by atoms with Crippen LogP contribution in [0.2, 0.25) is 5.15 Å². The molecule has 6 rings (SSSR count). The third-order valence-electron chi connectivity index (χ3n) is 5.14. The lowest BCUT2D eigenvalue weighted by molar-refractivity contribution is 1.47. The Bertz CT molecular complexity index is 1500. The summed E-state index contributed by atoms with van der Waals surface area (Å²) in [7, 11) is 0. The summed E-state index contributed by atoms with van der Waals surface area (Å²) in [6.07, 6.45) is 0. The Morgan fingerprint density at radius 3 is 1.88 bits per heavy atom. The molecule has 1 nitrogen and oxygen atoms in total. The van der Waals surface area contributed by atoms with E-state index in [1.807, 2.05) is 12.1 Å². The van der Waals surface area contributed by atoms with Gasteiger partial charge in [-0.25, -0.2) is 4.98 Å². The Morgan fingerprint density at radius 2 is 1.15 bits per heavy atom. The largest absolute Gasteiger partial charge is 0.234 e. The second-order valence-electron chi connectivity index (χ2n) is 6.52. The molecule has 0 radical (unpaired) electrons. The van der Waals surface area contributed by atoms with Crippen molar-refractivity contribution in [1.29, 1.82) is 0 Å². The summed E-state index contributed by atoms with van der Waals surface area (Å²) < 4.78 is 2.50. The van der Waals surface area contributed by atoms with Crippen molar-refractivity contribution in [3.63, 3.8) is 0 Å². The molecule has 0 aliphatic carbocycles. The Kier molecular flexibility index (Phi) is 2.88. The number of fused-ring (bicyclic) bond motifs is 10. The van der Waals surface area contributed by atoms with Crippen molar-refractivity contribution < 1.29 is 0 Å². The molecule has 0 aliphatic rings. The summed E-state index contributed by atoms with van der Waals surface area (Å²) in [5, 5.41) is 9.03. The van der Waals surface area contributed by atoms with E-state index < -0.39 is 0 Å². The zero-order valence-corrected chi connectivity index (χ0v) is 15.2. The number of nitrogens with zero attached hydrogens (tertiary/aromatic N) is 1. The molecule has 2 aromatic heterocycles. The van der Waals surface area contributed by atoms with Crippen molar-refractivity contribution in [2.24, 2.45) is 0 Å². The van der Waals surface area contributed by atoms with Gasteiger partial charge in [0.15, 0.2) is 0 Å². The maximum absolute atomic E-state index is 6.58. The number of hydrogen-bond donors (Lipinski definition) is 0. The first-order valence-electron chi connectivity index (χ1n) is 8.53. The van der Waals surface area contributed by atoms with Gasteiger partial charge in [0.2, 0.25) is 0 Å². The molecule has 0 unspecified atom stereocenters. The van der Waals surface area contributed by atoms with Crippen molar-refractivity contribution in [2.45, 2.75) is 0 Å². The van der Waals surface area contributed by atoms with Gasteiger partial charge < -0.3 is 0 Å². The zero-order valence-electron chi connectivity index (χ0n) is 13.7. The van der Waals surface area contributed by atoms with Gasteiger partial charge >= 0.3 is 0 Å².